The van der Waals surface area contributed by atoms with Crippen molar-refractivity contribution in [3.63, 3.8) is 0 Å². The standard InChI is InChI=1S/C38H51N5O17S2.2Na/c1-23(2)16-29(42-38(52)59-20-26(22-61(53,54)55)21-60-62(56,57)58)36(49)43-15-9-14-31(43)35(48)40-28(18-25-12-7-4-8-13-25)33(46)39-27(17-24-10-5-3-6-11-24)34(47)41-30(37(50)51)19-32(44)45;;/h3-8,10-13,23,26-31H,9,14-22H2,1-2H3,(H,39,46)(H,40,48)(H,41,47)(H,42,52)(H,44,45)(H,50,51)(H,53,54,55)(H,56,57,58);;/q;2*+1/p-2/t26?,27-,28-,29-,30-,31-;;/m0../s1. The molecule has 1 saturated heterocycles. The molecule has 6 N–H and O–H groups in total. The van der Waals surface area contributed by atoms with Gasteiger partial charge >= 0.3 is 77.1 Å². The average Bonchev–Trinajstić information content (AvgIpc) is 3.68. The average molecular weight is 958 g/mol. The predicted octanol–water partition coefficient (Wildman–Crippen LogP) is -6.74. The summed E-state index contributed by atoms with van der Waals surface area (Å²) in [7, 11) is -10.3. The van der Waals surface area contributed by atoms with Gasteiger partial charge in [0, 0.05) is 31.1 Å². The Labute approximate surface area is 414 Å². The molecule has 1 fully saturated rings. The molecule has 0 bridgehead atoms. The minimum Gasteiger partial charge on any atom is -0.748 e. The van der Waals surface area contributed by atoms with Gasteiger partial charge in [0.15, 0.2) is 0 Å². The van der Waals surface area contributed by atoms with Crippen LogP contribution in [0.1, 0.15) is 50.7 Å². The molecule has 64 heavy (non-hydrogen) atoms. The second-order valence-electron chi connectivity index (χ2n) is 14.9. The molecule has 1 unspecified atom stereocenters. The number of benzene rings is 2. The molecule has 3 rings (SSSR count). The molecule has 1 heterocycles. The molecule has 0 aromatic heterocycles. The first-order valence-corrected chi connectivity index (χ1v) is 22.1. The second-order valence-corrected chi connectivity index (χ2v) is 17.4. The topological polar surface area (TPSA) is 344 Å². The quantitative estimate of drug-likeness (QED) is 0.0324. The predicted molar refractivity (Wildman–Crippen MR) is 212 cm³/mol. The van der Waals surface area contributed by atoms with E-state index >= 15 is 0 Å². The van der Waals surface area contributed by atoms with Crippen LogP contribution in [-0.2, 0) is 71.0 Å². The molecule has 2 aromatic rings. The van der Waals surface area contributed by atoms with Gasteiger partial charge in [0.05, 0.1) is 29.8 Å². The maximum absolute atomic E-state index is 14.1. The van der Waals surface area contributed by atoms with Crippen molar-refractivity contribution in [2.24, 2.45) is 11.8 Å². The van der Waals surface area contributed by atoms with Crippen molar-refractivity contribution in [3.8, 4) is 0 Å². The van der Waals surface area contributed by atoms with E-state index in [4.69, 9.17) is 4.74 Å². The fourth-order valence-corrected chi connectivity index (χ4v) is 7.62. The van der Waals surface area contributed by atoms with E-state index in [9.17, 15) is 69.7 Å². The van der Waals surface area contributed by atoms with E-state index in [1.54, 1.807) is 74.5 Å². The molecule has 0 saturated carbocycles. The first-order chi connectivity index (χ1) is 29.0. The number of aliphatic carboxylic acids is 2. The van der Waals surface area contributed by atoms with E-state index in [1.807, 2.05) is 0 Å². The number of rotatable bonds is 24. The summed E-state index contributed by atoms with van der Waals surface area (Å²) in [5.41, 5.74) is 1.13. The van der Waals surface area contributed by atoms with E-state index in [1.165, 1.54) is 4.90 Å². The summed E-state index contributed by atoms with van der Waals surface area (Å²) in [5, 5.41) is 28.5. The summed E-state index contributed by atoms with van der Waals surface area (Å²) in [6.07, 6.45) is -2.04. The van der Waals surface area contributed by atoms with Gasteiger partial charge in [-0.15, -0.1) is 0 Å². The van der Waals surface area contributed by atoms with Gasteiger partial charge in [0.1, 0.15) is 30.2 Å². The third-order valence-electron chi connectivity index (χ3n) is 9.30. The third-order valence-corrected chi connectivity index (χ3v) is 10.6. The molecule has 0 aliphatic carbocycles. The molecule has 0 radical (unpaired) electrons. The molecule has 342 valence electrons. The summed E-state index contributed by atoms with van der Waals surface area (Å²) in [6, 6.07) is 9.62. The van der Waals surface area contributed by atoms with E-state index < -0.39 is 124 Å². The number of carbonyl (C=O) groups excluding carboxylic acids is 5. The van der Waals surface area contributed by atoms with Gasteiger partial charge in [-0.2, -0.15) is 0 Å². The van der Waals surface area contributed by atoms with Crippen molar-refractivity contribution in [1.82, 2.24) is 26.2 Å². The van der Waals surface area contributed by atoms with Crippen LogP contribution >= 0.6 is 0 Å². The van der Waals surface area contributed by atoms with Crippen molar-refractivity contribution in [1.29, 1.82) is 0 Å². The number of carboxylic acid groups (broad SMARTS) is 2. The summed E-state index contributed by atoms with van der Waals surface area (Å²) >= 11 is 0. The molecular formula is C38H49N5Na2O17S2. The number of nitrogens with one attached hydrogen (secondary N) is 4. The van der Waals surface area contributed by atoms with Gasteiger partial charge < -0.3 is 50.2 Å². The Morgan fingerprint density at radius 2 is 1.27 bits per heavy atom. The zero-order valence-electron chi connectivity index (χ0n) is 35.7. The third kappa shape index (κ3) is 21.5. The van der Waals surface area contributed by atoms with Crippen molar-refractivity contribution in [2.45, 2.75) is 82.6 Å². The van der Waals surface area contributed by atoms with Gasteiger partial charge in [-0.3, -0.25) is 28.2 Å². The SMILES string of the molecule is CC(C)C[C@H](NC(=O)OCC(COS(=O)(=O)[O-])CS(=O)(=O)[O-])C(=O)N1CCC[C@H]1C(=O)N[C@@H](Cc1ccccc1)C(=O)N[C@@H](Cc1ccccc1)C(=O)N[C@@H](CC(=O)O)C(=O)O.[Na+].[Na+]. The van der Waals surface area contributed by atoms with Gasteiger partial charge in [0.25, 0.3) is 0 Å². The number of hydrogen-bond acceptors (Lipinski definition) is 15. The van der Waals surface area contributed by atoms with E-state index in [0.717, 1.165) is 0 Å². The smallest absolute Gasteiger partial charge is 0.748 e. The maximum Gasteiger partial charge on any atom is 1.00 e. The fraction of sp³-hybridized carbons (Fsp3) is 0.500. The van der Waals surface area contributed by atoms with E-state index in [2.05, 4.69) is 25.5 Å². The summed E-state index contributed by atoms with van der Waals surface area (Å²) in [4.78, 5) is 92.8. The van der Waals surface area contributed by atoms with Crippen molar-refractivity contribution >= 4 is 62.2 Å². The van der Waals surface area contributed by atoms with Gasteiger partial charge in [-0.1, -0.05) is 74.5 Å². The molecule has 0 spiro atoms. The van der Waals surface area contributed by atoms with Crippen molar-refractivity contribution < 1.29 is 138 Å². The molecule has 2 aromatic carbocycles. The van der Waals surface area contributed by atoms with Crippen LogP contribution in [0.25, 0.3) is 0 Å². The van der Waals surface area contributed by atoms with Crippen LogP contribution in [0.4, 0.5) is 4.79 Å². The van der Waals surface area contributed by atoms with E-state index in [-0.39, 0.29) is 97.3 Å². The normalized spacial score (nSPS) is 16.0. The summed E-state index contributed by atoms with van der Waals surface area (Å²) in [5.74, 6) is -9.56. The zero-order valence-corrected chi connectivity index (χ0v) is 41.3. The summed E-state index contributed by atoms with van der Waals surface area (Å²) < 4.78 is 75.6. The van der Waals surface area contributed by atoms with Gasteiger partial charge in [-0.05, 0) is 36.3 Å². The van der Waals surface area contributed by atoms with Crippen LogP contribution in [-0.4, -0.2) is 138 Å². The fourth-order valence-electron chi connectivity index (χ4n) is 6.49. The number of carboxylic acids is 2. The molecule has 5 amide bonds. The molecule has 6 atom stereocenters. The first kappa shape index (κ1) is 58.3. The first-order valence-electron chi connectivity index (χ1n) is 19.2. The van der Waals surface area contributed by atoms with Gasteiger partial charge in [0.2, 0.25) is 34.0 Å². The zero-order chi connectivity index (χ0) is 46.2. The number of alkyl carbamates (subject to hydrolysis) is 1. The van der Waals surface area contributed by atoms with E-state index in [0.29, 0.717) is 17.5 Å². The van der Waals surface area contributed by atoms with Gasteiger partial charge in [-0.25, -0.2) is 26.4 Å². The Morgan fingerprint density at radius 3 is 1.73 bits per heavy atom. The van der Waals surface area contributed by atoms with Crippen LogP contribution in [0.2, 0.25) is 0 Å². The van der Waals surface area contributed by atoms with Crippen molar-refractivity contribution in [2.75, 3.05) is 25.5 Å². The number of likely N-dealkylation sites (tertiary alicyclic amines) is 1. The Balaban J connectivity index is 0.0000102. The molecule has 1 aliphatic rings. The molecular weight excluding hydrogens is 909 g/mol. The van der Waals surface area contributed by atoms with Crippen LogP contribution in [0.15, 0.2) is 60.7 Å². The monoisotopic (exact) mass is 957 g/mol. The Kier molecular flexibility index (Phi) is 25.3. The number of hydrogen-bond donors (Lipinski definition) is 6. The minimum absolute atomic E-state index is 0. The molecule has 1 aliphatic heterocycles. The Hall–Kier alpha value is -3.69. The molecule has 26 heteroatoms. The van der Waals surface area contributed by atoms with Crippen molar-refractivity contribution in [3.05, 3.63) is 71.8 Å². The largest absolute Gasteiger partial charge is 1.00 e. The Morgan fingerprint density at radius 1 is 0.750 bits per heavy atom. The van der Waals surface area contributed by atoms with Crippen LogP contribution in [0.3, 0.4) is 0 Å². The number of carbonyl (C=O) groups is 7. The van der Waals surface area contributed by atoms with Crippen LogP contribution in [0.5, 0.6) is 0 Å². The number of ether oxygens (including phenoxy) is 1. The summed E-state index contributed by atoms with van der Waals surface area (Å²) in [6.45, 7) is 1.50. The maximum atomic E-state index is 14.1. The molecule has 22 nitrogen and oxygen atoms in total. The number of amides is 5. The Bertz CT molecular complexity index is 2120. The van der Waals surface area contributed by atoms with Crippen LogP contribution in [0, 0.1) is 11.8 Å². The van der Waals surface area contributed by atoms with Crippen LogP contribution < -0.4 is 80.4 Å². The number of nitrogens with zero attached hydrogens (tertiary/aromatic N) is 1. The minimum atomic E-state index is -5.30. The second kappa shape index (κ2) is 27.7.